The number of rotatable bonds is 45. The Morgan fingerprint density at radius 2 is 0.937 bits per heavy atom. The molecule has 1 rings (SSSR count). The SMILES string of the molecule is C/C=C/CC/C=C/CC/C=C/C(O)C(COC1OC(CO)C(O)C(O)C1O)NC(=O)CCCCCCCCCCCCCCCCCCCCCCCCCCCCCCCCC. The first-order chi connectivity index (χ1) is 30.8. The second-order valence-electron chi connectivity index (χ2n) is 18.7. The Kier molecular flexibility index (Phi) is 41.7. The molecule has 7 unspecified atom stereocenters. The van der Waals surface area contributed by atoms with E-state index in [0.717, 1.165) is 44.9 Å². The van der Waals surface area contributed by atoms with Crippen LogP contribution in [0.3, 0.4) is 0 Å². The number of carbonyl (C=O) groups is 1. The third-order valence-corrected chi connectivity index (χ3v) is 12.8. The van der Waals surface area contributed by atoms with Crippen molar-refractivity contribution in [2.75, 3.05) is 13.2 Å². The number of aliphatic hydroxyl groups is 5. The Balaban J connectivity index is 2.08. The molecule has 6 N–H and O–H groups in total. The molecule has 1 amide bonds. The van der Waals surface area contributed by atoms with Crippen LogP contribution in [0, 0.1) is 0 Å². The van der Waals surface area contributed by atoms with E-state index in [1.165, 1.54) is 180 Å². The van der Waals surface area contributed by atoms with Crippen LogP contribution in [0.15, 0.2) is 36.5 Å². The lowest BCUT2D eigenvalue weighted by molar-refractivity contribution is -0.302. The molecule has 7 atom stereocenters. The van der Waals surface area contributed by atoms with E-state index in [-0.39, 0.29) is 12.5 Å². The Morgan fingerprint density at radius 3 is 1.33 bits per heavy atom. The number of unbranched alkanes of at least 4 members (excludes halogenated alkanes) is 32. The van der Waals surface area contributed by atoms with Gasteiger partial charge in [-0.15, -0.1) is 0 Å². The molecular weight excluding hydrogens is 791 g/mol. The van der Waals surface area contributed by atoms with Gasteiger partial charge in [0.2, 0.25) is 5.91 Å². The van der Waals surface area contributed by atoms with Crippen LogP contribution >= 0.6 is 0 Å². The lowest BCUT2D eigenvalue weighted by Gasteiger charge is -2.40. The maximum Gasteiger partial charge on any atom is 0.220 e. The Labute approximate surface area is 387 Å². The highest BCUT2D eigenvalue weighted by atomic mass is 16.7. The fourth-order valence-electron chi connectivity index (χ4n) is 8.55. The quantitative estimate of drug-likeness (QED) is 0.0261. The van der Waals surface area contributed by atoms with Gasteiger partial charge in [0.05, 0.1) is 25.4 Å². The van der Waals surface area contributed by atoms with Crippen molar-refractivity contribution in [1.29, 1.82) is 0 Å². The summed E-state index contributed by atoms with van der Waals surface area (Å²) in [6, 6.07) is -0.823. The fourth-order valence-corrected chi connectivity index (χ4v) is 8.55. The molecule has 0 saturated carbocycles. The van der Waals surface area contributed by atoms with E-state index in [9.17, 15) is 30.3 Å². The average molecular weight is 892 g/mol. The van der Waals surface area contributed by atoms with Crippen LogP contribution in [0.4, 0.5) is 0 Å². The van der Waals surface area contributed by atoms with Crippen LogP contribution in [0.2, 0.25) is 0 Å². The molecular formula is C54H101NO8. The molecule has 9 nitrogen and oxygen atoms in total. The molecule has 0 radical (unpaired) electrons. The first-order valence-corrected chi connectivity index (χ1v) is 26.7. The summed E-state index contributed by atoms with van der Waals surface area (Å²) >= 11 is 0. The highest BCUT2D eigenvalue weighted by molar-refractivity contribution is 5.76. The van der Waals surface area contributed by atoms with Gasteiger partial charge in [0.1, 0.15) is 24.4 Å². The van der Waals surface area contributed by atoms with Gasteiger partial charge in [0.15, 0.2) is 6.29 Å². The molecule has 1 saturated heterocycles. The van der Waals surface area contributed by atoms with Gasteiger partial charge in [-0.05, 0) is 39.0 Å². The summed E-state index contributed by atoms with van der Waals surface area (Å²) in [6.07, 6.45) is 49.8. The van der Waals surface area contributed by atoms with Gasteiger partial charge in [-0.2, -0.15) is 0 Å². The molecule has 370 valence electrons. The van der Waals surface area contributed by atoms with Gasteiger partial charge >= 0.3 is 0 Å². The molecule has 0 aliphatic carbocycles. The van der Waals surface area contributed by atoms with Crippen molar-refractivity contribution in [1.82, 2.24) is 5.32 Å². The highest BCUT2D eigenvalue weighted by Gasteiger charge is 2.44. The maximum atomic E-state index is 12.9. The smallest absolute Gasteiger partial charge is 0.220 e. The lowest BCUT2D eigenvalue weighted by Crippen LogP contribution is -2.60. The molecule has 0 aromatic heterocycles. The van der Waals surface area contributed by atoms with Crippen molar-refractivity contribution < 1.29 is 39.8 Å². The van der Waals surface area contributed by atoms with Gasteiger partial charge in [-0.25, -0.2) is 0 Å². The van der Waals surface area contributed by atoms with E-state index in [2.05, 4.69) is 30.5 Å². The third-order valence-electron chi connectivity index (χ3n) is 12.8. The number of ether oxygens (including phenoxy) is 2. The Bertz CT molecular complexity index is 1080. The number of carbonyl (C=O) groups excluding carboxylic acids is 1. The van der Waals surface area contributed by atoms with Crippen LogP contribution in [-0.2, 0) is 14.3 Å². The average Bonchev–Trinajstić information content (AvgIpc) is 3.28. The molecule has 0 bridgehead atoms. The van der Waals surface area contributed by atoms with Crippen molar-refractivity contribution in [3.05, 3.63) is 36.5 Å². The zero-order chi connectivity index (χ0) is 45.9. The van der Waals surface area contributed by atoms with E-state index in [1.54, 1.807) is 6.08 Å². The number of hydrogen-bond donors (Lipinski definition) is 6. The molecule has 1 aliphatic heterocycles. The third kappa shape index (κ3) is 34.4. The molecule has 1 aliphatic rings. The van der Waals surface area contributed by atoms with Gasteiger partial charge in [0, 0.05) is 6.42 Å². The first kappa shape index (κ1) is 59.4. The minimum absolute atomic E-state index is 0.190. The van der Waals surface area contributed by atoms with Crippen LogP contribution in [0.1, 0.15) is 245 Å². The van der Waals surface area contributed by atoms with Gasteiger partial charge in [0.25, 0.3) is 0 Å². The van der Waals surface area contributed by atoms with Crippen LogP contribution in [0.25, 0.3) is 0 Å². The summed E-state index contributed by atoms with van der Waals surface area (Å²) in [6.45, 7) is 3.53. The molecule has 0 aromatic rings. The van der Waals surface area contributed by atoms with E-state index in [4.69, 9.17) is 9.47 Å². The van der Waals surface area contributed by atoms with Gasteiger partial charge in [-0.3, -0.25) is 4.79 Å². The topological polar surface area (TPSA) is 149 Å². The summed E-state index contributed by atoms with van der Waals surface area (Å²) in [7, 11) is 0. The zero-order valence-corrected chi connectivity index (χ0v) is 40.8. The second kappa shape index (κ2) is 44.3. The molecule has 0 aromatic carbocycles. The summed E-state index contributed by atoms with van der Waals surface area (Å²) < 4.78 is 11.2. The fraction of sp³-hybridized carbons (Fsp3) is 0.870. The van der Waals surface area contributed by atoms with Gasteiger partial charge in [-0.1, -0.05) is 236 Å². The van der Waals surface area contributed by atoms with Gasteiger partial charge < -0.3 is 40.3 Å². The standard InChI is InChI=1S/C54H101NO8/c1-3-5-7-9-11-13-14-15-16-17-18-19-20-21-22-23-24-25-26-27-28-29-30-31-32-33-34-36-38-40-42-44-50(58)55-47(48(57)43-41-39-37-35-12-10-8-6-4-2)46-62-54-53(61)52(60)51(59)49(45-56)63-54/h4,6,12,35,41,43,47-49,51-54,56-57,59-61H,3,5,7-11,13-34,36-40,42,44-46H2,1-2H3,(H,55,58)/b6-4+,35-12+,43-41+. The predicted octanol–water partition coefficient (Wildman–Crippen LogP) is 12.4. The molecule has 63 heavy (non-hydrogen) atoms. The lowest BCUT2D eigenvalue weighted by atomic mass is 9.99. The van der Waals surface area contributed by atoms with E-state index in [0.29, 0.717) is 6.42 Å². The van der Waals surface area contributed by atoms with E-state index >= 15 is 0 Å². The van der Waals surface area contributed by atoms with E-state index < -0.39 is 49.5 Å². The van der Waals surface area contributed by atoms with Crippen molar-refractivity contribution in [2.24, 2.45) is 0 Å². The number of nitrogens with one attached hydrogen (secondary N) is 1. The second-order valence-corrected chi connectivity index (χ2v) is 18.7. The predicted molar refractivity (Wildman–Crippen MR) is 263 cm³/mol. The van der Waals surface area contributed by atoms with Crippen LogP contribution in [-0.4, -0.2) is 87.5 Å². The van der Waals surface area contributed by atoms with Crippen molar-refractivity contribution in [2.45, 2.75) is 288 Å². The van der Waals surface area contributed by atoms with Crippen LogP contribution < -0.4 is 5.32 Å². The number of allylic oxidation sites excluding steroid dienone is 5. The van der Waals surface area contributed by atoms with Crippen LogP contribution in [0.5, 0.6) is 0 Å². The molecule has 0 spiro atoms. The monoisotopic (exact) mass is 892 g/mol. The van der Waals surface area contributed by atoms with Crippen molar-refractivity contribution in [3.63, 3.8) is 0 Å². The summed E-state index contributed by atoms with van der Waals surface area (Å²) in [5.41, 5.74) is 0. The summed E-state index contributed by atoms with van der Waals surface area (Å²) in [5.74, 6) is -0.190. The first-order valence-electron chi connectivity index (χ1n) is 26.7. The Hall–Kier alpha value is -1.59. The summed E-state index contributed by atoms with van der Waals surface area (Å²) in [5, 5.41) is 54.1. The molecule has 1 fully saturated rings. The van der Waals surface area contributed by atoms with Crippen molar-refractivity contribution in [3.8, 4) is 0 Å². The van der Waals surface area contributed by atoms with E-state index in [1.807, 2.05) is 19.1 Å². The number of hydrogen-bond acceptors (Lipinski definition) is 8. The zero-order valence-electron chi connectivity index (χ0n) is 40.8. The highest BCUT2D eigenvalue weighted by Crippen LogP contribution is 2.23. The number of aliphatic hydroxyl groups excluding tert-OH is 5. The molecule has 1 heterocycles. The summed E-state index contributed by atoms with van der Waals surface area (Å²) in [4.78, 5) is 12.9. The molecule has 9 heteroatoms. The minimum Gasteiger partial charge on any atom is -0.394 e. The minimum atomic E-state index is -1.57. The number of amides is 1. The van der Waals surface area contributed by atoms with Crippen molar-refractivity contribution >= 4 is 5.91 Å². The largest absolute Gasteiger partial charge is 0.394 e. The maximum absolute atomic E-state index is 12.9. The normalized spacial score (nSPS) is 20.4. The Morgan fingerprint density at radius 1 is 0.556 bits per heavy atom.